The first-order valence-electron chi connectivity index (χ1n) is 8.68. The average Bonchev–Trinajstić information content (AvgIpc) is 2.66. The monoisotopic (exact) mass is 413 g/mol. The third kappa shape index (κ3) is 5.67. The van der Waals surface area contributed by atoms with Crippen LogP contribution in [0.1, 0.15) is 26.2 Å². The molecule has 0 spiro atoms. The van der Waals surface area contributed by atoms with Crippen molar-refractivity contribution in [2.75, 3.05) is 6.61 Å². The molecule has 2 aromatic carbocycles. The Labute approximate surface area is 162 Å². The van der Waals surface area contributed by atoms with Gasteiger partial charge in [0, 0.05) is 29.7 Å². The topological polar surface area (TPSA) is 83.1 Å². The van der Waals surface area contributed by atoms with E-state index < -0.39 is 25.2 Å². The molecule has 3 rings (SSSR count). The van der Waals surface area contributed by atoms with Gasteiger partial charge in [0.1, 0.15) is 11.8 Å². The molecule has 1 heterocycles. The van der Waals surface area contributed by atoms with Crippen LogP contribution in [0.25, 0.3) is 10.8 Å². The summed E-state index contributed by atoms with van der Waals surface area (Å²) in [6.45, 7) is -2.08. The molecule has 2 unspecified atom stereocenters. The standard InChI is InChI=1S/C18H21ClNO6P/c1-13(20-24-17-11-4-5-12-23-17)18(21)26-27(19,22)25-16-10-6-8-14-7-2-3-9-15(14)16/h2-3,6-10,13,17,20H,4-5,11-12H2,1H3/t13-,17?,27?/m0/s1. The van der Waals surface area contributed by atoms with Gasteiger partial charge in [0.05, 0.1) is 0 Å². The van der Waals surface area contributed by atoms with Gasteiger partial charge >= 0.3 is 12.9 Å². The maximum atomic E-state index is 12.5. The van der Waals surface area contributed by atoms with Gasteiger partial charge in [-0.15, -0.1) is 0 Å². The number of hydroxylamine groups is 1. The molecular formula is C18H21ClNO6P. The first kappa shape index (κ1) is 20.1. The van der Waals surface area contributed by atoms with Crippen molar-refractivity contribution in [3.05, 3.63) is 42.5 Å². The van der Waals surface area contributed by atoms with Crippen LogP contribution in [0, 0.1) is 0 Å². The van der Waals surface area contributed by atoms with E-state index in [0.29, 0.717) is 12.0 Å². The van der Waals surface area contributed by atoms with Gasteiger partial charge in [-0.05, 0) is 31.2 Å². The second-order valence-electron chi connectivity index (χ2n) is 6.16. The predicted molar refractivity (Wildman–Crippen MR) is 101 cm³/mol. The van der Waals surface area contributed by atoms with Crippen LogP contribution in [0.3, 0.4) is 0 Å². The number of fused-ring (bicyclic) bond motifs is 1. The highest BCUT2D eigenvalue weighted by Crippen LogP contribution is 2.54. The Kier molecular flexibility index (Phi) is 6.73. The lowest BCUT2D eigenvalue weighted by atomic mass is 10.1. The fraction of sp³-hybridized carbons (Fsp3) is 0.389. The maximum Gasteiger partial charge on any atom is 0.532 e. The van der Waals surface area contributed by atoms with Crippen LogP contribution in [-0.4, -0.2) is 24.9 Å². The molecule has 2 aromatic rings. The van der Waals surface area contributed by atoms with E-state index in [4.69, 9.17) is 29.9 Å². The van der Waals surface area contributed by atoms with E-state index >= 15 is 0 Å². The summed E-state index contributed by atoms with van der Waals surface area (Å²) in [4.78, 5) is 17.5. The Morgan fingerprint density at radius 2 is 2.04 bits per heavy atom. The normalized spacial score (nSPS) is 20.6. The van der Waals surface area contributed by atoms with E-state index in [-0.39, 0.29) is 5.75 Å². The molecule has 0 aliphatic carbocycles. The van der Waals surface area contributed by atoms with Crippen LogP contribution < -0.4 is 10.0 Å². The molecule has 0 aromatic heterocycles. The molecule has 1 aliphatic rings. The highest BCUT2D eigenvalue weighted by Gasteiger charge is 2.31. The Balaban J connectivity index is 1.57. The van der Waals surface area contributed by atoms with E-state index in [1.807, 2.05) is 24.3 Å². The third-order valence-corrected chi connectivity index (χ3v) is 5.25. The highest BCUT2D eigenvalue weighted by atomic mass is 35.7. The molecule has 146 valence electrons. The Hall–Kier alpha value is -1.63. The van der Waals surface area contributed by atoms with E-state index in [1.165, 1.54) is 6.92 Å². The quantitative estimate of drug-likeness (QED) is 0.526. The van der Waals surface area contributed by atoms with Gasteiger partial charge in [-0.3, -0.25) is 4.84 Å². The number of halogens is 1. The van der Waals surface area contributed by atoms with E-state index in [0.717, 1.165) is 24.6 Å². The predicted octanol–water partition coefficient (Wildman–Crippen LogP) is 4.55. The van der Waals surface area contributed by atoms with Crippen LogP contribution in [-0.2, 0) is 23.5 Å². The second-order valence-corrected chi connectivity index (χ2v) is 8.63. The fourth-order valence-corrected chi connectivity index (χ4v) is 3.86. The van der Waals surface area contributed by atoms with Crippen molar-refractivity contribution in [3.63, 3.8) is 0 Å². The number of hydrogen-bond acceptors (Lipinski definition) is 7. The smallest absolute Gasteiger partial charge is 0.404 e. The molecule has 0 amide bonds. The fourth-order valence-electron chi connectivity index (χ4n) is 2.63. The Morgan fingerprint density at radius 3 is 2.81 bits per heavy atom. The summed E-state index contributed by atoms with van der Waals surface area (Å²) in [5.74, 6) is -0.587. The van der Waals surface area contributed by atoms with Crippen LogP contribution in [0.15, 0.2) is 42.5 Å². The largest absolute Gasteiger partial charge is 0.532 e. The second kappa shape index (κ2) is 9.04. The zero-order chi connectivity index (χ0) is 19.3. The summed E-state index contributed by atoms with van der Waals surface area (Å²) in [6, 6.07) is 11.7. The van der Waals surface area contributed by atoms with Gasteiger partial charge < -0.3 is 13.8 Å². The SMILES string of the molecule is C[C@H](NOC1CCCCO1)C(=O)OP(=O)(Cl)Oc1cccc2ccccc12. The first-order valence-corrected chi connectivity index (χ1v) is 11.1. The van der Waals surface area contributed by atoms with Crippen molar-refractivity contribution >= 4 is 34.9 Å². The lowest BCUT2D eigenvalue weighted by Gasteiger charge is -2.24. The average molecular weight is 414 g/mol. The summed E-state index contributed by atoms with van der Waals surface area (Å²) in [5.41, 5.74) is 2.53. The van der Waals surface area contributed by atoms with Crippen molar-refractivity contribution in [1.82, 2.24) is 5.48 Å². The molecule has 0 saturated carbocycles. The van der Waals surface area contributed by atoms with Crippen molar-refractivity contribution in [2.45, 2.75) is 38.5 Å². The zero-order valence-corrected chi connectivity index (χ0v) is 16.4. The molecule has 1 aliphatic heterocycles. The molecule has 9 heteroatoms. The lowest BCUT2D eigenvalue weighted by molar-refractivity contribution is -0.204. The summed E-state index contributed by atoms with van der Waals surface area (Å²) >= 11 is 5.86. The van der Waals surface area contributed by atoms with Crippen molar-refractivity contribution < 1.29 is 28.0 Å². The number of ether oxygens (including phenoxy) is 1. The van der Waals surface area contributed by atoms with Crippen LogP contribution in [0.5, 0.6) is 5.75 Å². The minimum absolute atomic E-state index is 0.270. The van der Waals surface area contributed by atoms with Crippen molar-refractivity contribution in [2.24, 2.45) is 0 Å². The van der Waals surface area contributed by atoms with Gasteiger partial charge in [0.25, 0.3) is 0 Å². The van der Waals surface area contributed by atoms with Gasteiger partial charge in [0.2, 0.25) is 0 Å². The van der Waals surface area contributed by atoms with Crippen molar-refractivity contribution in [1.29, 1.82) is 0 Å². The molecule has 3 atom stereocenters. The highest BCUT2D eigenvalue weighted by molar-refractivity contribution is 7.82. The van der Waals surface area contributed by atoms with E-state index in [1.54, 1.807) is 18.2 Å². The summed E-state index contributed by atoms with van der Waals surface area (Å²) in [6.07, 6.45) is 2.27. The van der Waals surface area contributed by atoms with E-state index in [9.17, 15) is 9.36 Å². The van der Waals surface area contributed by atoms with Gasteiger partial charge in [-0.2, -0.15) is 5.48 Å². The van der Waals surface area contributed by atoms with Gasteiger partial charge in [0.15, 0.2) is 6.29 Å². The number of nitrogens with one attached hydrogen (secondary N) is 1. The van der Waals surface area contributed by atoms with Crippen LogP contribution >= 0.6 is 18.2 Å². The molecule has 1 fully saturated rings. The number of carbonyl (C=O) groups excluding carboxylic acids is 1. The van der Waals surface area contributed by atoms with Gasteiger partial charge in [-0.25, -0.2) is 9.36 Å². The maximum absolute atomic E-state index is 12.5. The molecular weight excluding hydrogens is 393 g/mol. The van der Waals surface area contributed by atoms with Crippen LogP contribution in [0.2, 0.25) is 0 Å². The zero-order valence-electron chi connectivity index (χ0n) is 14.8. The number of hydrogen-bond donors (Lipinski definition) is 1. The minimum Gasteiger partial charge on any atom is -0.404 e. The minimum atomic E-state index is -4.19. The number of rotatable bonds is 7. The number of benzene rings is 2. The summed E-state index contributed by atoms with van der Waals surface area (Å²) < 4.78 is 28.0. The van der Waals surface area contributed by atoms with E-state index in [2.05, 4.69) is 5.48 Å². The van der Waals surface area contributed by atoms with Crippen LogP contribution in [0.4, 0.5) is 0 Å². The Morgan fingerprint density at radius 1 is 1.26 bits per heavy atom. The summed E-state index contributed by atoms with van der Waals surface area (Å²) in [5, 5.41) is 1.59. The molecule has 7 nitrogen and oxygen atoms in total. The lowest BCUT2D eigenvalue weighted by Crippen LogP contribution is -2.39. The molecule has 1 N–H and O–H groups in total. The first-order chi connectivity index (χ1) is 12.9. The molecule has 0 radical (unpaired) electrons. The number of carbonyl (C=O) groups is 1. The Bertz CT molecular complexity index is 836. The molecule has 1 saturated heterocycles. The molecule has 0 bridgehead atoms. The van der Waals surface area contributed by atoms with Crippen molar-refractivity contribution in [3.8, 4) is 5.75 Å². The van der Waals surface area contributed by atoms with Gasteiger partial charge in [-0.1, -0.05) is 36.4 Å². The molecule has 27 heavy (non-hydrogen) atoms. The third-order valence-electron chi connectivity index (χ3n) is 4.02. The summed E-state index contributed by atoms with van der Waals surface area (Å²) in [7, 11) is 0.